The SMILES string of the molecule is CCCN(N)C(=O)OCC. The molecule has 0 fully saturated rings. The van der Waals surface area contributed by atoms with Gasteiger partial charge in [0.15, 0.2) is 0 Å². The van der Waals surface area contributed by atoms with Gasteiger partial charge in [0, 0.05) is 6.54 Å². The van der Waals surface area contributed by atoms with Gasteiger partial charge in [-0.1, -0.05) is 6.92 Å². The average Bonchev–Trinajstić information content (AvgIpc) is 1.89. The molecule has 0 aromatic carbocycles. The third kappa shape index (κ3) is 3.29. The molecule has 1 amide bonds. The van der Waals surface area contributed by atoms with Crippen LogP contribution in [0.25, 0.3) is 0 Å². The average molecular weight is 146 g/mol. The largest absolute Gasteiger partial charge is 0.449 e. The Balaban J connectivity index is 3.49. The lowest BCUT2D eigenvalue weighted by Crippen LogP contribution is -2.38. The fraction of sp³-hybridized carbons (Fsp3) is 0.833. The molecule has 60 valence electrons. The lowest BCUT2D eigenvalue weighted by atomic mass is 10.5. The Morgan fingerprint density at radius 2 is 2.20 bits per heavy atom. The Hall–Kier alpha value is -0.770. The number of hydrazine groups is 1. The van der Waals surface area contributed by atoms with Gasteiger partial charge in [-0.15, -0.1) is 0 Å². The standard InChI is InChI=1S/C6H14N2O2/c1-3-5-8(7)6(9)10-4-2/h3-5,7H2,1-2H3. The Morgan fingerprint density at radius 1 is 1.60 bits per heavy atom. The van der Waals surface area contributed by atoms with Crippen LogP contribution in [0.5, 0.6) is 0 Å². The van der Waals surface area contributed by atoms with Gasteiger partial charge in [-0.2, -0.15) is 0 Å². The van der Waals surface area contributed by atoms with E-state index in [-0.39, 0.29) is 0 Å². The number of amides is 1. The van der Waals surface area contributed by atoms with E-state index >= 15 is 0 Å². The van der Waals surface area contributed by atoms with Gasteiger partial charge >= 0.3 is 6.09 Å². The molecule has 4 nitrogen and oxygen atoms in total. The van der Waals surface area contributed by atoms with Crippen LogP contribution < -0.4 is 5.84 Å². The number of ether oxygens (including phenoxy) is 1. The fourth-order valence-corrected chi connectivity index (χ4v) is 0.539. The van der Waals surface area contributed by atoms with E-state index in [1.165, 1.54) is 0 Å². The van der Waals surface area contributed by atoms with Crippen molar-refractivity contribution in [3.8, 4) is 0 Å². The van der Waals surface area contributed by atoms with Crippen LogP contribution in [-0.4, -0.2) is 24.3 Å². The monoisotopic (exact) mass is 146 g/mol. The van der Waals surface area contributed by atoms with Gasteiger partial charge in [0.1, 0.15) is 0 Å². The molecule has 0 radical (unpaired) electrons. The van der Waals surface area contributed by atoms with Crippen LogP contribution in [0.4, 0.5) is 4.79 Å². The molecule has 0 aromatic heterocycles. The summed E-state index contributed by atoms with van der Waals surface area (Å²) in [4.78, 5) is 10.7. The molecule has 4 heteroatoms. The zero-order valence-electron chi connectivity index (χ0n) is 6.46. The topological polar surface area (TPSA) is 55.6 Å². The molecule has 0 saturated heterocycles. The molecule has 10 heavy (non-hydrogen) atoms. The van der Waals surface area contributed by atoms with Gasteiger partial charge in [-0.25, -0.2) is 15.6 Å². The first-order valence-electron chi connectivity index (χ1n) is 3.41. The van der Waals surface area contributed by atoms with E-state index in [4.69, 9.17) is 5.84 Å². The van der Waals surface area contributed by atoms with Crippen LogP contribution in [0, 0.1) is 0 Å². The van der Waals surface area contributed by atoms with Crippen LogP contribution in [0.1, 0.15) is 20.3 Å². The molecule has 0 aliphatic heterocycles. The van der Waals surface area contributed by atoms with Crippen molar-refractivity contribution in [1.29, 1.82) is 0 Å². The van der Waals surface area contributed by atoms with E-state index in [0.717, 1.165) is 11.4 Å². The van der Waals surface area contributed by atoms with Gasteiger partial charge in [0.25, 0.3) is 0 Å². The minimum atomic E-state index is -0.454. The van der Waals surface area contributed by atoms with Gasteiger partial charge in [-0.3, -0.25) is 0 Å². The Morgan fingerprint density at radius 3 is 2.60 bits per heavy atom. The fourth-order valence-electron chi connectivity index (χ4n) is 0.539. The normalized spacial score (nSPS) is 9.10. The molecule has 0 aliphatic carbocycles. The van der Waals surface area contributed by atoms with Gasteiger partial charge < -0.3 is 4.74 Å². The summed E-state index contributed by atoms with van der Waals surface area (Å²) in [5.41, 5.74) is 0. The second kappa shape index (κ2) is 5.05. The number of hydrogen-bond donors (Lipinski definition) is 1. The molecule has 2 N–H and O–H groups in total. The molecule has 0 heterocycles. The molecule has 0 saturated carbocycles. The molecular formula is C6H14N2O2. The van der Waals surface area contributed by atoms with Crippen LogP contribution in [0.3, 0.4) is 0 Å². The third-order valence-electron chi connectivity index (χ3n) is 0.967. The zero-order chi connectivity index (χ0) is 7.98. The summed E-state index contributed by atoms with van der Waals surface area (Å²) in [6.45, 7) is 4.60. The number of nitrogens with two attached hydrogens (primary N) is 1. The molecular weight excluding hydrogens is 132 g/mol. The van der Waals surface area contributed by atoms with Gasteiger partial charge in [0.05, 0.1) is 6.61 Å². The lowest BCUT2D eigenvalue weighted by molar-refractivity contribution is 0.107. The molecule has 0 unspecified atom stereocenters. The number of hydrogen-bond acceptors (Lipinski definition) is 3. The highest BCUT2D eigenvalue weighted by Gasteiger charge is 2.06. The van der Waals surface area contributed by atoms with E-state index < -0.39 is 6.09 Å². The number of nitrogens with zero attached hydrogens (tertiary/aromatic N) is 1. The first kappa shape index (κ1) is 9.23. The molecule has 0 aromatic rings. The van der Waals surface area contributed by atoms with E-state index in [0.29, 0.717) is 13.2 Å². The van der Waals surface area contributed by atoms with Crippen LogP contribution in [0.2, 0.25) is 0 Å². The predicted octanol–water partition coefficient (Wildman–Crippen LogP) is 0.729. The third-order valence-corrected chi connectivity index (χ3v) is 0.967. The first-order chi connectivity index (χ1) is 4.72. The van der Waals surface area contributed by atoms with E-state index in [9.17, 15) is 4.79 Å². The van der Waals surface area contributed by atoms with Crippen molar-refractivity contribution in [2.24, 2.45) is 5.84 Å². The van der Waals surface area contributed by atoms with E-state index in [2.05, 4.69) is 4.74 Å². The molecule has 0 atom stereocenters. The van der Waals surface area contributed by atoms with Crippen molar-refractivity contribution in [1.82, 2.24) is 5.01 Å². The zero-order valence-corrected chi connectivity index (χ0v) is 6.46. The summed E-state index contributed by atoms with van der Waals surface area (Å²) in [6, 6.07) is 0. The van der Waals surface area contributed by atoms with Crippen LogP contribution in [-0.2, 0) is 4.74 Å². The Kier molecular flexibility index (Phi) is 4.66. The minimum Gasteiger partial charge on any atom is -0.449 e. The predicted molar refractivity (Wildman–Crippen MR) is 38.2 cm³/mol. The number of rotatable bonds is 3. The second-order valence-corrected chi connectivity index (χ2v) is 1.89. The molecule has 0 spiro atoms. The van der Waals surface area contributed by atoms with Crippen molar-refractivity contribution in [3.63, 3.8) is 0 Å². The summed E-state index contributed by atoms with van der Waals surface area (Å²) in [5, 5.41) is 1.07. The van der Waals surface area contributed by atoms with Gasteiger partial charge in [0.2, 0.25) is 0 Å². The van der Waals surface area contributed by atoms with Crippen molar-refractivity contribution >= 4 is 6.09 Å². The summed E-state index contributed by atoms with van der Waals surface area (Å²) in [6.07, 6.45) is 0.388. The van der Waals surface area contributed by atoms with Crippen LogP contribution >= 0.6 is 0 Å². The van der Waals surface area contributed by atoms with Gasteiger partial charge in [-0.05, 0) is 13.3 Å². The highest BCUT2D eigenvalue weighted by molar-refractivity contribution is 5.66. The van der Waals surface area contributed by atoms with Crippen molar-refractivity contribution in [3.05, 3.63) is 0 Å². The quantitative estimate of drug-likeness (QED) is 0.363. The second-order valence-electron chi connectivity index (χ2n) is 1.89. The summed E-state index contributed by atoms with van der Waals surface area (Å²) >= 11 is 0. The highest BCUT2D eigenvalue weighted by Crippen LogP contribution is 1.87. The maximum Gasteiger partial charge on any atom is 0.424 e. The minimum absolute atomic E-state index is 0.371. The molecule has 0 bridgehead atoms. The summed E-state index contributed by atoms with van der Waals surface area (Å²) in [7, 11) is 0. The Bertz CT molecular complexity index is 106. The lowest BCUT2D eigenvalue weighted by Gasteiger charge is -2.13. The van der Waals surface area contributed by atoms with Crippen molar-refractivity contribution < 1.29 is 9.53 Å². The maximum absolute atomic E-state index is 10.7. The Labute approximate surface area is 60.9 Å². The van der Waals surface area contributed by atoms with E-state index in [1.54, 1.807) is 6.92 Å². The smallest absolute Gasteiger partial charge is 0.424 e. The number of carbonyl (C=O) groups is 1. The van der Waals surface area contributed by atoms with Crippen molar-refractivity contribution in [2.45, 2.75) is 20.3 Å². The van der Waals surface area contributed by atoms with Crippen LogP contribution in [0.15, 0.2) is 0 Å². The summed E-state index contributed by atoms with van der Waals surface area (Å²) < 4.78 is 4.62. The first-order valence-corrected chi connectivity index (χ1v) is 3.41. The van der Waals surface area contributed by atoms with Crippen molar-refractivity contribution in [2.75, 3.05) is 13.2 Å². The highest BCUT2D eigenvalue weighted by atomic mass is 16.6. The molecule has 0 rings (SSSR count). The van der Waals surface area contributed by atoms with E-state index in [1.807, 2.05) is 6.92 Å². The molecule has 0 aliphatic rings. The maximum atomic E-state index is 10.7. The summed E-state index contributed by atoms with van der Waals surface area (Å²) in [5.74, 6) is 5.27. The number of carbonyl (C=O) groups excluding carboxylic acids is 1.